The molecule has 4 aromatic carbocycles. The number of benzene rings is 4. The van der Waals surface area contributed by atoms with Gasteiger partial charge in [-0.2, -0.15) is 0 Å². The molecule has 5 rings (SSSR count). The summed E-state index contributed by atoms with van der Waals surface area (Å²) in [5, 5.41) is 2.88. The number of carbonyl (C=O) groups is 2. The molecule has 0 saturated carbocycles. The van der Waals surface area contributed by atoms with E-state index < -0.39 is 40.8 Å². The third-order valence-electron chi connectivity index (χ3n) is 7.32. The third-order valence-corrected chi connectivity index (χ3v) is 7.32. The lowest BCUT2D eigenvalue weighted by molar-refractivity contribution is -0.119. The molecule has 1 aliphatic rings. The lowest BCUT2D eigenvalue weighted by Crippen LogP contribution is -2.36. The maximum absolute atomic E-state index is 13.9. The average Bonchev–Trinajstić information content (AvgIpc) is 3.55. The number of carbonyl (C=O) groups excluding carboxylic acids is 2. The molecule has 0 saturated heterocycles. The fraction of sp³-hybridized carbons (Fsp3) is 0.216. The van der Waals surface area contributed by atoms with E-state index in [1.165, 1.54) is 56.8 Å². The molecule has 1 atom stereocenters. The Morgan fingerprint density at radius 3 is 1.91 bits per heavy atom. The zero-order valence-electron chi connectivity index (χ0n) is 26.5. The Labute approximate surface area is 271 Å². The molecule has 0 aliphatic carbocycles. The van der Waals surface area contributed by atoms with Crippen LogP contribution in [0.25, 0.3) is 0 Å². The zero-order valence-corrected chi connectivity index (χ0v) is 26.5. The quantitative estimate of drug-likeness (QED) is 0.180. The number of hydrogen-bond donors (Lipinski definition) is 1. The SMILES string of the molecule is COc1ccc(C2(C(=O)Nc3ccc(OC(c4ccc(F)cc4)c4ccc(F)cc4)c(C(=O)OC(C)(C)C)c3)C=CC=N2)cc1OC. The Bertz CT molecular complexity index is 1770. The zero-order chi connectivity index (χ0) is 33.8. The van der Waals surface area contributed by atoms with Crippen LogP contribution in [0.4, 0.5) is 14.5 Å². The number of anilines is 1. The van der Waals surface area contributed by atoms with E-state index >= 15 is 0 Å². The van der Waals surface area contributed by atoms with E-state index in [4.69, 9.17) is 18.9 Å². The molecule has 0 aromatic heterocycles. The number of hydrogen-bond acceptors (Lipinski definition) is 7. The molecule has 0 spiro atoms. The molecule has 1 N–H and O–H groups in total. The van der Waals surface area contributed by atoms with Crippen molar-refractivity contribution in [3.63, 3.8) is 0 Å². The fourth-order valence-electron chi connectivity index (χ4n) is 5.06. The molecule has 0 radical (unpaired) electrons. The van der Waals surface area contributed by atoms with Gasteiger partial charge in [0.2, 0.25) is 0 Å². The minimum atomic E-state index is -1.42. The highest BCUT2D eigenvalue weighted by Crippen LogP contribution is 2.38. The summed E-state index contributed by atoms with van der Waals surface area (Å²) >= 11 is 0. The molecule has 1 aliphatic heterocycles. The van der Waals surface area contributed by atoms with E-state index in [0.29, 0.717) is 28.2 Å². The Morgan fingerprint density at radius 2 is 1.38 bits per heavy atom. The van der Waals surface area contributed by atoms with Gasteiger partial charge in [0.05, 0.1) is 14.2 Å². The van der Waals surface area contributed by atoms with Crippen LogP contribution in [0.5, 0.6) is 17.2 Å². The number of esters is 1. The Morgan fingerprint density at radius 1 is 0.787 bits per heavy atom. The molecular weight excluding hydrogens is 606 g/mol. The third kappa shape index (κ3) is 7.33. The van der Waals surface area contributed by atoms with Gasteiger partial charge in [0.1, 0.15) is 34.7 Å². The molecule has 47 heavy (non-hydrogen) atoms. The largest absolute Gasteiger partial charge is 0.493 e. The van der Waals surface area contributed by atoms with Crippen LogP contribution < -0.4 is 19.5 Å². The maximum Gasteiger partial charge on any atom is 0.342 e. The van der Waals surface area contributed by atoms with Crippen molar-refractivity contribution in [2.45, 2.75) is 38.0 Å². The molecule has 1 unspecified atom stereocenters. The highest BCUT2D eigenvalue weighted by atomic mass is 19.1. The number of nitrogens with zero attached hydrogens (tertiary/aromatic N) is 1. The van der Waals surface area contributed by atoms with E-state index in [1.54, 1.807) is 81.5 Å². The number of aliphatic imine (C=N–C) groups is 1. The van der Waals surface area contributed by atoms with Crippen LogP contribution in [0, 0.1) is 11.6 Å². The van der Waals surface area contributed by atoms with Crippen LogP contribution in [-0.4, -0.2) is 37.9 Å². The Balaban J connectivity index is 1.53. The van der Waals surface area contributed by atoms with Gasteiger partial charge in [-0.15, -0.1) is 0 Å². The summed E-state index contributed by atoms with van der Waals surface area (Å²) in [5.74, 6) is -1.01. The lowest BCUT2D eigenvalue weighted by Gasteiger charge is -2.26. The lowest BCUT2D eigenvalue weighted by atomic mass is 9.89. The summed E-state index contributed by atoms with van der Waals surface area (Å²) in [6, 6.07) is 21.0. The monoisotopic (exact) mass is 640 g/mol. The summed E-state index contributed by atoms with van der Waals surface area (Å²) in [6.07, 6.45) is 4.02. The highest BCUT2D eigenvalue weighted by molar-refractivity contribution is 6.04. The normalized spacial score (nSPS) is 15.4. The van der Waals surface area contributed by atoms with Crippen LogP contribution in [-0.2, 0) is 15.1 Å². The number of nitrogens with one attached hydrogen (secondary N) is 1. The van der Waals surface area contributed by atoms with Gasteiger partial charge in [0, 0.05) is 11.9 Å². The summed E-state index contributed by atoms with van der Waals surface area (Å²) < 4.78 is 50.5. The number of rotatable bonds is 10. The van der Waals surface area contributed by atoms with Crippen molar-refractivity contribution >= 4 is 23.8 Å². The molecule has 242 valence electrons. The van der Waals surface area contributed by atoms with Gasteiger partial charge in [0.25, 0.3) is 5.91 Å². The van der Waals surface area contributed by atoms with Crippen molar-refractivity contribution in [1.29, 1.82) is 0 Å². The van der Waals surface area contributed by atoms with Crippen LogP contribution in [0.2, 0.25) is 0 Å². The average molecular weight is 641 g/mol. The first-order valence-corrected chi connectivity index (χ1v) is 14.7. The second kappa shape index (κ2) is 13.5. The first-order valence-electron chi connectivity index (χ1n) is 14.7. The number of ether oxygens (including phenoxy) is 4. The van der Waals surface area contributed by atoms with Gasteiger partial charge in [-0.25, -0.2) is 13.6 Å². The van der Waals surface area contributed by atoms with E-state index in [0.717, 1.165) is 0 Å². The second-order valence-corrected chi connectivity index (χ2v) is 11.7. The molecule has 4 aromatic rings. The van der Waals surface area contributed by atoms with Crippen molar-refractivity contribution in [3.8, 4) is 17.2 Å². The van der Waals surface area contributed by atoms with Gasteiger partial charge in [-0.05, 0) is 104 Å². The minimum Gasteiger partial charge on any atom is -0.493 e. The molecule has 10 heteroatoms. The van der Waals surface area contributed by atoms with Crippen LogP contribution in [0.3, 0.4) is 0 Å². The molecule has 1 heterocycles. The maximum atomic E-state index is 13.9. The van der Waals surface area contributed by atoms with E-state index in [-0.39, 0.29) is 17.0 Å². The van der Waals surface area contributed by atoms with Crippen molar-refractivity contribution in [1.82, 2.24) is 0 Å². The van der Waals surface area contributed by atoms with E-state index in [1.807, 2.05) is 0 Å². The van der Waals surface area contributed by atoms with Crippen molar-refractivity contribution in [2.24, 2.45) is 4.99 Å². The first kappa shape index (κ1) is 32.9. The number of allylic oxidation sites excluding steroid dienone is 1. The summed E-state index contributed by atoms with van der Waals surface area (Å²) in [6.45, 7) is 5.19. The Kier molecular flexibility index (Phi) is 9.41. The summed E-state index contributed by atoms with van der Waals surface area (Å²) in [7, 11) is 3.02. The van der Waals surface area contributed by atoms with Gasteiger partial charge in [-0.3, -0.25) is 9.79 Å². The Hall–Kier alpha value is -5.51. The van der Waals surface area contributed by atoms with Crippen molar-refractivity contribution < 1.29 is 37.3 Å². The molecule has 8 nitrogen and oxygen atoms in total. The smallest absolute Gasteiger partial charge is 0.342 e. The van der Waals surface area contributed by atoms with Gasteiger partial charge in [-0.1, -0.05) is 30.3 Å². The van der Waals surface area contributed by atoms with Gasteiger partial charge >= 0.3 is 5.97 Å². The standard InChI is InChI=1S/C37H34F2N2O6/c1-36(2,3)47-34(42)29-22-28(41-35(43)37(19-6-20-40-37)25-11-17-31(44-4)32(21-25)45-5)16-18-30(29)46-33(23-7-12-26(38)13-8-23)24-9-14-27(39)15-10-24/h6-22,33H,1-5H3,(H,41,43). The van der Waals surface area contributed by atoms with Crippen molar-refractivity contribution in [2.75, 3.05) is 19.5 Å². The molecular formula is C37H34F2N2O6. The molecule has 0 bridgehead atoms. The second-order valence-electron chi connectivity index (χ2n) is 11.7. The van der Waals surface area contributed by atoms with Crippen LogP contribution in [0.15, 0.2) is 102 Å². The highest BCUT2D eigenvalue weighted by Gasteiger charge is 2.40. The van der Waals surface area contributed by atoms with Crippen molar-refractivity contribution in [3.05, 3.63) is 131 Å². The fourth-order valence-corrected chi connectivity index (χ4v) is 5.06. The molecule has 0 fully saturated rings. The topological polar surface area (TPSA) is 95.5 Å². The summed E-state index contributed by atoms with van der Waals surface area (Å²) in [4.78, 5) is 32.0. The van der Waals surface area contributed by atoms with Gasteiger partial charge < -0.3 is 24.3 Å². The van der Waals surface area contributed by atoms with Crippen LogP contribution >= 0.6 is 0 Å². The number of halogens is 2. The minimum absolute atomic E-state index is 0.0255. The molecule has 1 amide bonds. The summed E-state index contributed by atoms with van der Waals surface area (Å²) in [5.41, 5.74) is -0.303. The van der Waals surface area contributed by atoms with Crippen LogP contribution in [0.1, 0.15) is 53.9 Å². The number of amides is 1. The number of methoxy groups -OCH3 is 2. The van der Waals surface area contributed by atoms with E-state index in [9.17, 15) is 18.4 Å². The predicted octanol–water partition coefficient (Wildman–Crippen LogP) is 7.58. The predicted molar refractivity (Wildman–Crippen MR) is 174 cm³/mol. The van der Waals surface area contributed by atoms with E-state index in [2.05, 4.69) is 10.3 Å². The first-order chi connectivity index (χ1) is 22.4. The van der Waals surface area contributed by atoms with Gasteiger partial charge in [0.15, 0.2) is 17.0 Å².